The van der Waals surface area contributed by atoms with E-state index in [1.807, 2.05) is 32.0 Å². The van der Waals surface area contributed by atoms with Gasteiger partial charge in [0.15, 0.2) is 5.76 Å². The van der Waals surface area contributed by atoms with Gasteiger partial charge in [0.2, 0.25) is 5.95 Å². The number of aromatic hydroxyl groups is 1. The van der Waals surface area contributed by atoms with Gasteiger partial charge in [-0.2, -0.15) is 0 Å². The van der Waals surface area contributed by atoms with Crippen molar-refractivity contribution in [2.75, 3.05) is 18.0 Å². The Morgan fingerprint density at radius 3 is 2.50 bits per heavy atom. The second-order valence-electron chi connectivity index (χ2n) is 10.5. The van der Waals surface area contributed by atoms with Crippen LogP contribution in [0.2, 0.25) is 0 Å². The number of H-pyrrole nitrogens is 1. The van der Waals surface area contributed by atoms with E-state index in [0.29, 0.717) is 40.1 Å². The number of para-hydroxylation sites is 1. The normalized spacial score (nSPS) is 15.1. The monoisotopic (exact) mass is 539 g/mol. The first-order valence-electron chi connectivity index (χ1n) is 13.3. The molecule has 1 unspecified atom stereocenters. The van der Waals surface area contributed by atoms with Crippen molar-refractivity contribution >= 4 is 23.0 Å². The summed E-state index contributed by atoms with van der Waals surface area (Å²) in [4.78, 5) is 26.4. The highest BCUT2D eigenvalue weighted by atomic mass is 16.5. The van der Waals surface area contributed by atoms with Crippen LogP contribution in [0.4, 0.5) is 5.95 Å². The van der Waals surface area contributed by atoms with Crippen LogP contribution in [0, 0.1) is 5.92 Å². The molecule has 0 spiro atoms. The van der Waals surface area contributed by atoms with Crippen LogP contribution < -0.4 is 4.90 Å². The Hall–Kier alpha value is -4.80. The fourth-order valence-corrected chi connectivity index (χ4v) is 5.30. The molecule has 5 heterocycles. The van der Waals surface area contributed by atoms with Gasteiger partial charge in [-0.05, 0) is 43.0 Å². The molecule has 5 aromatic rings. The van der Waals surface area contributed by atoms with Crippen molar-refractivity contribution in [1.82, 2.24) is 30.3 Å². The van der Waals surface area contributed by atoms with Gasteiger partial charge >= 0.3 is 5.97 Å². The number of aliphatic carboxylic acids is 1. The molecule has 6 rings (SSSR count). The number of nitrogens with one attached hydrogen (secondary N) is 1. The number of carboxylic acids is 1. The van der Waals surface area contributed by atoms with Crippen molar-refractivity contribution in [3.05, 3.63) is 66.3 Å². The Labute approximate surface area is 229 Å². The number of nitrogens with zero attached hydrogens (tertiary/aromatic N) is 6. The molecule has 4 aromatic heterocycles. The van der Waals surface area contributed by atoms with Crippen molar-refractivity contribution < 1.29 is 19.5 Å². The molecule has 0 amide bonds. The molecule has 1 atom stereocenters. The minimum Gasteiger partial charge on any atom is -0.507 e. The first-order valence-corrected chi connectivity index (χ1v) is 13.3. The number of phenolic OH excluding ortho intramolecular Hbond substituents is 1. The maximum atomic E-state index is 11.6. The summed E-state index contributed by atoms with van der Waals surface area (Å²) in [7, 11) is 0. The van der Waals surface area contributed by atoms with Crippen molar-refractivity contribution in [3.8, 4) is 28.3 Å². The number of hydrogen-bond donors (Lipinski definition) is 3. The lowest BCUT2D eigenvalue weighted by molar-refractivity contribution is -0.140. The highest BCUT2D eigenvalue weighted by Gasteiger charge is 2.28. The first kappa shape index (κ1) is 25.5. The zero-order chi connectivity index (χ0) is 27.8. The van der Waals surface area contributed by atoms with Gasteiger partial charge in [0.05, 0.1) is 11.2 Å². The molecule has 11 heteroatoms. The maximum Gasteiger partial charge on any atom is 0.314 e. The summed E-state index contributed by atoms with van der Waals surface area (Å²) in [6, 6.07) is 12.7. The fourth-order valence-electron chi connectivity index (χ4n) is 5.30. The minimum atomic E-state index is -0.940. The number of anilines is 1. The van der Waals surface area contributed by atoms with Crippen LogP contribution >= 0.6 is 0 Å². The third-order valence-electron chi connectivity index (χ3n) is 7.49. The summed E-state index contributed by atoms with van der Waals surface area (Å²) in [5.74, 6) is -0.341. The van der Waals surface area contributed by atoms with Crippen LogP contribution in [0.1, 0.15) is 50.0 Å². The molecular formula is C29H29N7O4. The van der Waals surface area contributed by atoms with Gasteiger partial charge in [0.1, 0.15) is 22.9 Å². The SMILES string of the molecule is CC(C)C(C(=O)O)c1cc(-c2cnc(N3CCC(c4cc5nnc(-c6ccccc6O)cc5[nH]4)CC3)nc2)no1. The van der Waals surface area contributed by atoms with Crippen molar-refractivity contribution in [3.63, 3.8) is 0 Å². The van der Waals surface area contributed by atoms with Crippen LogP contribution in [-0.4, -0.2) is 59.6 Å². The lowest BCUT2D eigenvalue weighted by Gasteiger charge is -2.31. The van der Waals surface area contributed by atoms with Gasteiger partial charge in [-0.3, -0.25) is 4.79 Å². The number of aromatic amines is 1. The van der Waals surface area contributed by atoms with Crippen molar-refractivity contribution in [1.29, 1.82) is 0 Å². The van der Waals surface area contributed by atoms with Crippen LogP contribution in [-0.2, 0) is 4.79 Å². The van der Waals surface area contributed by atoms with Gasteiger partial charge in [0, 0.05) is 54.3 Å². The topological polar surface area (TPSA) is 154 Å². The highest BCUT2D eigenvalue weighted by Crippen LogP contribution is 2.33. The number of benzene rings is 1. The molecule has 11 nitrogen and oxygen atoms in total. The molecule has 1 saturated heterocycles. The minimum absolute atomic E-state index is 0.127. The molecule has 0 saturated carbocycles. The molecule has 3 N–H and O–H groups in total. The second-order valence-corrected chi connectivity index (χ2v) is 10.5. The zero-order valence-electron chi connectivity index (χ0n) is 22.2. The number of phenols is 1. The summed E-state index contributed by atoms with van der Waals surface area (Å²) < 4.78 is 5.34. The van der Waals surface area contributed by atoms with E-state index in [9.17, 15) is 15.0 Å². The summed E-state index contributed by atoms with van der Waals surface area (Å²) in [5.41, 5.74) is 5.27. The predicted molar refractivity (Wildman–Crippen MR) is 148 cm³/mol. The molecule has 1 fully saturated rings. The number of rotatable bonds is 7. The van der Waals surface area contributed by atoms with Crippen LogP contribution in [0.5, 0.6) is 5.75 Å². The first-order chi connectivity index (χ1) is 19.4. The average molecular weight is 540 g/mol. The van der Waals surface area contributed by atoms with Crippen LogP contribution in [0.3, 0.4) is 0 Å². The van der Waals surface area contributed by atoms with Gasteiger partial charge in [-0.25, -0.2) is 9.97 Å². The number of piperidine rings is 1. The van der Waals surface area contributed by atoms with E-state index >= 15 is 0 Å². The van der Waals surface area contributed by atoms with E-state index in [1.165, 1.54) is 0 Å². The lowest BCUT2D eigenvalue weighted by Crippen LogP contribution is -2.34. The van der Waals surface area contributed by atoms with E-state index in [-0.39, 0.29) is 11.7 Å². The Balaban J connectivity index is 1.12. The third-order valence-corrected chi connectivity index (χ3v) is 7.49. The van der Waals surface area contributed by atoms with Crippen LogP contribution in [0.25, 0.3) is 33.5 Å². The quantitative estimate of drug-likeness (QED) is 0.258. The summed E-state index contributed by atoms with van der Waals surface area (Å²) in [5, 5.41) is 32.4. The molecule has 0 aliphatic carbocycles. The standard InChI is InChI=1S/C29H29N7O4/c1-16(2)27(28(38)39)26-13-21(35-40-26)18-14-30-29(31-15-18)36-9-7-17(8-10-36)20-11-24-23(32-20)12-22(33-34-24)19-5-3-4-6-25(19)37/h3-6,11-17,27,32,37H,7-10H2,1-2H3,(H,38,39). The fraction of sp³-hybridized carbons (Fsp3) is 0.310. The van der Waals surface area contributed by atoms with E-state index in [0.717, 1.165) is 42.7 Å². The predicted octanol–water partition coefficient (Wildman–Crippen LogP) is 4.98. The highest BCUT2D eigenvalue weighted by molar-refractivity contribution is 5.81. The van der Waals surface area contributed by atoms with Gasteiger partial charge < -0.3 is 24.6 Å². The molecular weight excluding hydrogens is 510 g/mol. The molecule has 1 aliphatic heterocycles. The molecule has 1 aromatic carbocycles. The van der Waals surface area contributed by atoms with Crippen molar-refractivity contribution in [2.45, 2.75) is 38.5 Å². The summed E-state index contributed by atoms with van der Waals surface area (Å²) in [6.07, 6.45) is 5.24. The largest absolute Gasteiger partial charge is 0.507 e. The van der Waals surface area contributed by atoms with E-state index in [1.54, 1.807) is 30.6 Å². The average Bonchev–Trinajstić information content (AvgIpc) is 3.60. The third kappa shape index (κ3) is 4.86. The number of aromatic nitrogens is 6. The smallest absolute Gasteiger partial charge is 0.314 e. The number of carboxylic acid groups (broad SMARTS) is 1. The van der Waals surface area contributed by atoms with E-state index < -0.39 is 11.9 Å². The molecule has 204 valence electrons. The number of carbonyl (C=O) groups is 1. The Morgan fingerprint density at radius 2 is 1.80 bits per heavy atom. The molecule has 40 heavy (non-hydrogen) atoms. The molecule has 0 bridgehead atoms. The van der Waals surface area contributed by atoms with Gasteiger partial charge in [-0.1, -0.05) is 31.1 Å². The summed E-state index contributed by atoms with van der Waals surface area (Å²) in [6.45, 7) is 5.28. The Bertz CT molecular complexity index is 1650. The molecule has 0 radical (unpaired) electrons. The maximum absolute atomic E-state index is 11.6. The van der Waals surface area contributed by atoms with Gasteiger partial charge in [-0.15, -0.1) is 10.2 Å². The number of fused-ring (bicyclic) bond motifs is 1. The lowest BCUT2D eigenvalue weighted by atomic mass is 9.93. The van der Waals surface area contributed by atoms with E-state index in [2.05, 4.69) is 41.3 Å². The second kappa shape index (κ2) is 10.4. The number of hydrogen-bond acceptors (Lipinski definition) is 9. The van der Waals surface area contributed by atoms with Gasteiger partial charge in [0.25, 0.3) is 0 Å². The summed E-state index contributed by atoms with van der Waals surface area (Å²) >= 11 is 0. The molecule has 1 aliphatic rings. The zero-order valence-corrected chi connectivity index (χ0v) is 22.2. The Kier molecular flexibility index (Phi) is 6.63. The Morgan fingerprint density at radius 1 is 1.05 bits per heavy atom. The van der Waals surface area contributed by atoms with Crippen molar-refractivity contribution in [2.24, 2.45) is 5.92 Å². The van der Waals surface area contributed by atoms with Crippen LogP contribution in [0.15, 0.2) is 59.4 Å². The van der Waals surface area contributed by atoms with E-state index in [4.69, 9.17) is 4.52 Å².